The number of anilines is 2. The fourth-order valence-electron chi connectivity index (χ4n) is 2.06. The zero-order valence-corrected chi connectivity index (χ0v) is 9.55. The molecule has 1 aliphatic rings. The van der Waals surface area contributed by atoms with E-state index in [2.05, 4.69) is 10.4 Å². The number of rotatable bonds is 2. The fourth-order valence-corrected chi connectivity index (χ4v) is 2.06. The average Bonchev–Trinajstić information content (AvgIpc) is 2.58. The van der Waals surface area contributed by atoms with Crippen molar-refractivity contribution in [1.82, 2.24) is 4.98 Å². The van der Waals surface area contributed by atoms with Gasteiger partial charge in [0.25, 0.3) is 0 Å². The second-order valence-corrected chi connectivity index (χ2v) is 4.17. The van der Waals surface area contributed by atoms with Gasteiger partial charge in [0.05, 0.1) is 0 Å². The van der Waals surface area contributed by atoms with Crippen LogP contribution in [0.3, 0.4) is 0 Å². The predicted molar refractivity (Wildman–Crippen MR) is 62.6 cm³/mol. The van der Waals surface area contributed by atoms with Gasteiger partial charge in [-0.1, -0.05) is 12.8 Å². The fraction of sp³-hybridized carbons (Fsp3) is 0.545. The SMILES string of the molecule is NNc1nc(N2CCCCCC2)c(F)cc1F. The zero-order valence-electron chi connectivity index (χ0n) is 9.55. The van der Waals surface area contributed by atoms with Crippen molar-refractivity contribution in [2.75, 3.05) is 23.4 Å². The van der Waals surface area contributed by atoms with Crippen molar-refractivity contribution < 1.29 is 8.78 Å². The summed E-state index contributed by atoms with van der Waals surface area (Å²) in [6.45, 7) is 1.50. The lowest BCUT2D eigenvalue weighted by Crippen LogP contribution is -2.27. The topological polar surface area (TPSA) is 54.2 Å². The highest BCUT2D eigenvalue weighted by Crippen LogP contribution is 2.24. The van der Waals surface area contributed by atoms with Gasteiger partial charge < -0.3 is 10.3 Å². The Labute approximate surface area is 98.8 Å². The van der Waals surface area contributed by atoms with Gasteiger partial charge in [0.1, 0.15) is 0 Å². The van der Waals surface area contributed by atoms with Crippen LogP contribution >= 0.6 is 0 Å². The summed E-state index contributed by atoms with van der Waals surface area (Å²) >= 11 is 0. The molecule has 0 spiro atoms. The molecule has 1 saturated heterocycles. The van der Waals surface area contributed by atoms with E-state index < -0.39 is 11.6 Å². The Morgan fingerprint density at radius 1 is 1.12 bits per heavy atom. The number of nitrogen functional groups attached to an aromatic ring is 1. The van der Waals surface area contributed by atoms with Crippen LogP contribution < -0.4 is 16.2 Å². The third-order valence-corrected chi connectivity index (χ3v) is 2.95. The summed E-state index contributed by atoms with van der Waals surface area (Å²) in [4.78, 5) is 5.75. The van der Waals surface area contributed by atoms with Gasteiger partial charge in [-0.05, 0) is 12.8 Å². The minimum absolute atomic E-state index is 0.120. The van der Waals surface area contributed by atoms with E-state index in [9.17, 15) is 8.78 Å². The smallest absolute Gasteiger partial charge is 0.178 e. The van der Waals surface area contributed by atoms with Crippen molar-refractivity contribution in [1.29, 1.82) is 0 Å². The number of hydrogen-bond acceptors (Lipinski definition) is 4. The van der Waals surface area contributed by atoms with Crippen molar-refractivity contribution in [3.8, 4) is 0 Å². The molecule has 1 aromatic rings. The van der Waals surface area contributed by atoms with Crippen LogP contribution in [0, 0.1) is 11.6 Å². The number of pyridine rings is 1. The van der Waals surface area contributed by atoms with Crippen LogP contribution in [0.5, 0.6) is 0 Å². The third kappa shape index (κ3) is 2.63. The van der Waals surface area contributed by atoms with Crippen molar-refractivity contribution in [2.45, 2.75) is 25.7 Å². The molecule has 0 unspecified atom stereocenters. The number of halogens is 2. The average molecular weight is 242 g/mol. The van der Waals surface area contributed by atoms with Crippen LogP contribution in [0.2, 0.25) is 0 Å². The van der Waals surface area contributed by atoms with Crippen molar-refractivity contribution in [3.63, 3.8) is 0 Å². The summed E-state index contributed by atoms with van der Waals surface area (Å²) in [5.41, 5.74) is 2.14. The van der Waals surface area contributed by atoms with Crippen molar-refractivity contribution >= 4 is 11.6 Å². The quantitative estimate of drug-likeness (QED) is 0.615. The van der Waals surface area contributed by atoms with Crippen molar-refractivity contribution in [3.05, 3.63) is 17.7 Å². The largest absolute Gasteiger partial charge is 0.354 e. The molecule has 1 aliphatic heterocycles. The molecule has 1 fully saturated rings. The van der Waals surface area contributed by atoms with Gasteiger partial charge >= 0.3 is 0 Å². The molecule has 0 aromatic carbocycles. The Morgan fingerprint density at radius 2 is 1.76 bits per heavy atom. The van der Waals surface area contributed by atoms with E-state index in [0.717, 1.165) is 44.8 Å². The number of hydrazine groups is 1. The molecular formula is C11H16F2N4. The Morgan fingerprint density at radius 3 is 2.35 bits per heavy atom. The lowest BCUT2D eigenvalue weighted by Gasteiger charge is -2.22. The maximum Gasteiger partial charge on any atom is 0.178 e. The lowest BCUT2D eigenvalue weighted by molar-refractivity contribution is 0.569. The molecule has 3 N–H and O–H groups in total. The molecule has 1 aromatic heterocycles. The van der Waals surface area contributed by atoms with Crippen LogP contribution in [0.25, 0.3) is 0 Å². The lowest BCUT2D eigenvalue weighted by atomic mass is 10.2. The summed E-state index contributed by atoms with van der Waals surface area (Å²) in [5, 5.41) is 0. The molecule has 6 heteroatoms. The van der Waals surface area contributed by atoms with Gasteiger partial charge in [-0.15, -0.1) is 0 Å². The second-order valence-electron chi connectivity index (χ2n) is 4.17. The first kappa shape index (κ1) is 12.0. The van der Waals surface area contributed by atoms with E-state index >= 15 is 0 Å². The second kappa shape index (κ2) is 5.27. The normalized spacial score (nSPS) is 16.8. The standard InChI is InChI=1S/C11H16F2N4/c12-8-7-9(13)11(15-10(8)16-14)17-5-3-1-2-4-6-17/h7H,1-6,14H2,(H,15,16). The molecule has 17 heavy (non-hydrogen) atoms. The maximum atomic E-state index is 13.7. The zero-order chi connectivity index (χ0) is 12.3. The highest BCUT2D eigenvalue weighted by Gasteiger charge is 2.18. The summed E-state index contributed by atoms with van der Waals surface area (Å²) in [5.74, 6) is 3.79. The van der Waals surface area contributed by atoms with Crippen LogP contribution in [-0.2, 0) is 0 Å². The van der Waals surface area contributed by atoms with Gasteiger partial charge in [-0.2, -0.15) is 0 Å². The van der Waals surface area contributed by atoms with Crippen LogP contribution in [0.4, 0.5) is 20.4 Å². The van der Waals surface area contributed by atoms with E-state index in [1.807, 2.05) is 4.90 Å². The number of aromatic nitrogens is 1. The van der Waals surface area contributed by atoms with Gasteiger partial charge in [0.2, 0.25) is 0 Å². The predicted octanol–water partition coefficient (Wildman–Crippen LogP) is 2.03. The molecule has 0 amide bonds. The molecule has 2 heterocycles. The highest BCUT2D eigenvalue weighted by molar-refractivity contribution is 5.48. The Bertz CT molecular complexity index is 389. The van der Waals surface area contributed by atoms with E-state index in [-0.39, 0.29) is 11.6 Å². The Hall–Kier alpha value is -1.43. The van der Waals surface area contributed by atoms with Crippen LogP contribution in [0.15, 0.2) is 6.07 Å². The molecule has 2 rings (SSSR count). The molecule has 4 nitrogen and oxygen atoms in total. The molecule has 0 radical (unpaired) electrons. The van der Waals surface area contributed by atoms with E-state index in [1.165, 1.54) is 0 Å². The minimum atomic E-state index is -0.774. The summed E-state index contributed by atoms with van der Waals surface area (Å²) in [6.07, 6.45) is 4.29. The van der Waals surface area contributed by atoms with Crippen LogP contribution in [0.1, 0.15) is 25.7 Å². The molecule has 0 aliphatic carbocycles. The molecule has 94 valence electrons. The summed E-state index contributed by atoms with van der Waals surface area (Å²) in [6, 6.07) is 0.822. The molecule has 0 atom stereocenters. The van der Waals surface area contributed by atoms with Gasteiger partial charge in [-0.3, -0.25) is 0 Å². The molecule has 0 saturated carbocycles. The van der Waals surface area contributed by atoms with Gasteiger partial charge in [-0.25, -0.2) is 19.6 Å². The molecular weight excluding hydrogens is 226 g/mol. The first-order valence-corrected chi connectivity index (χ1v) is 5.80. The Balaban J connectivity index is 2.29. The first-order valence-electron chi connectivity index (χ1n) is 5.80. The monoisotopic (exact) mass is 242 g/mol. The number of hydrogen-bond donors (Lipinski definition) is 2. The molecule has 0 bridgehead atoms. The van der Waals surface area contributed by atoms with E-state index in [4.69, 9.17) is 5.84 Å². The van der Waals surface area contributed by atoms with E-state index in [1.54, 1.807) is 0 Å². The third-order valence-electron chi connectivity index (χ3n) is 2.95. The first-order chi connectivity index (χ1) is 8.22. The van der Waals surface area contributed by atoms with Crippen molar-refractivity contribution in [2.24, 2.45) is 5.84 Å². The summed E-state index contributed by atoms with van der Waals surface area (Å²) in [7, 11) is 0. The maximum absolute atomic E-state index is 13.7. The number of nitrogens with two attached hydrogens (primary N) is 1. The summed E-state index contributed by atoms with van der Waals surface area (Å²) < 4.78 is 26.9. The van der Waals surface area contributed by atoms with Gasteiger partial charge in [0, 0.05) is 19.2 Å². The number of nitrogens with one attached hydrogen (secondary N) is 1. The Kier molecular flexibility index (Phi) is 3.73. The number of nitrogens with zero attached hydrogens (tertiary/aromatic N) is 2. The highest BCUT2D eigenvalue weighted by atomic mass is 19.1. The van der Waals surface area contributed by atoms with Crippen LogP contribution in [-0.4, -0.2) is 18.1 Å². The van der Waals surface area contributed by atoms with Gasteiger partial charge in [0.15, 0.2) is 23.3 Å². The minimum Gasteiger partial charge on any atom is -0.354 e. The van der Waals surface area contributed by atoms with E-state index in [0.29, 0.717) is 0 Å².